The van der Waals surface area contributed by atoms with E-state index in [2.05, 4.69) is 33.0 Å². The van der Waals surface area contributed by atoms with Gasteiger partial charge in [-0.05, 0) is 11.3 Å². The first-order valence-corrected chi connectivity index (χ1v) is 4.32. The SMILES string of the molecule is CC(C)C(C)(C)CNCCO. The van der Waals surface area contributed by atoms with E-state index in [-0.39, 0.29) is 6.61 Å². The summed E-state index contributed by atoms with van der Waals surface area (Å²) in [6, 6.07) is 0. The summed E-state index contributed by atoms with van der Waals surface area (Å²) in [6.07, 6.45) is 0. The first-order chi connectivity index (χ1) is 5.00. The van der Waals surface area contributed by atoms with Gasteiger partial charge >= 0.3 is 0 Å². The topological polar surface area (TPSA) is 32.3 Å². The highest BCUT2D eigenvalue weighted by atomic mass is 16.3. The number of rotatable bonds is 5. The smallest absolute Gasteiger partial charge is 0.0555 e. The Bertz CT molecular complexity index is 99.7. The molecule has 0 amide bonds. The Kier molecular flexibility index (Phi) is 4.69. The lowest BCUT2D eigenvalue weighted by atomic mass is 9.81. The van der Waals surface area contributed by atoms with Gasteiger partial charge in [0.15, 0.2) is 0 Å². The van der Waals surface area contributed by atoms with Gasteiger partial charge in [0.25, 0.3) is 0 Å². The second kappa shape index (κ2) is 4.73. The Labute approximate surface area is 70.0 Å². The van der Waals surface area contributed by atoms with Crippen LogP contribution in [0.4, 0.5) is 0 Å². The van der Waals surface area contributed by atoms with Crippen LogP contribution in [0.1, 0.15) is 27.7 Å². The largest absolute Gasteiger partial charge is 0.395 e. The van der Waals surface area contributed by atoms with Gasteiger partial charge in [-0.2, -0.15) is 0 Å². The molecule has 0 aliphatic heterocycles. The van der Waals surface area contributed by atoms with Gasteiger partial charge in [0.2, 0.25) is 0 Å². The minimum absolute atomic E-state index is 0.230. The highest BCUT2D eigenvalue weighted by Gasteiger charge is 2.20. The number of hydrogen-bond donors (Lipinski definition) is 2. The number of aliphatic hydroxyl groups is 1. The second-order valence-electron chi connectivity index (χ2n) is 4.04. The average molecular weight is 159 g/mol. The highest BCUT2D eigenvalue weighted by molar-refractivity contribution is 4.74. The Morgan fingerprint density at radius 1 is 1.36 bits per heavy atom. The first-order valence-electron chi connectivity index (χ1n) is 4.32. The maximum atomic E-state index is 8.54. The van der Waals surface area contributed by atoms with E-state index in [1.807, 2.05) is 0 Å². The Hall–Kier alpha value is -0.0800. The van der Waals surface area contributed by atoms with Crippen LogP contribution in [0.25, 0.3) is 0 Å². The van der Waals surface area contributed by atoms with Gasteiger partial charge in [0.1, 0.15) is 0 Å². The van der Waals surface area contributed by atoms with E-state index < -0.39 is 0 Å². The van der Waals surface area contributed by atoms with Gasteiger partial charge in [-0.25, -0.2) is 0 Å². The van der Waals surface area contributed by atoms with E-state index in [0.717, 1.165) is 6.54 Å². The van der Waals surface area contributed by atoms with Gasteiger partial charge in [0.05, 0.1) is 6.61 Å². The van der Waals surface area contributed by atoms with Crippen molar-refractivity contribution in [3.63, 3.8) is 0 Å². The molecule has 0 fully saturated rings. The maximum absolute atomic E-state index is 8.54. The normalized spacial score (nSPS) is 12.5. The summed E-state index contributed by atoms with van der Waals surface area (Å²) in [7, 11) is 0. The summed E-state index contributed by atoms with van der Waals surface area (Å²) in [4.78, 5) is 0. The van der Waals surface area contributed by atoms with Crippen molar-refractivity contribution in [3.8, 4) is 0 Å². The summed E-state index contributed by atoms with van der Waals surface area (Å²) < 4.78 is 0. The van der Waals surface area contributed by atoms with Crippen LogP contribution in [0.5, 0.6) is 0 Å². The standard InChI is InChI=1S/C9H21NO/c1-8(2)9(3,4)7-10-5-6-11/h8,10-11H,5-7H2,1-4H3. The quantitative estimate of drug-likeness (QED) is 0.592. The molecule has 0 saturated carbocycles. The van der Waals surface area contributed by atoms with Crippen molar-refractivity contribution in [1.82, 2.24) is 5.32 Å². The minimum atomic E-state index is 0.230. The minimum Gasteiger partial charge on any atom is -0.395 e. The van der Waals surface area contributed by atoms with Crippen molar-refractivity contribution in [2.24, 2.45) is 11.3 Å². The summed E-state index contributed by atoms with van der Waals surface area (Å²) in [5.74, 6) is 0.675. The molecule has 0 saturated heterocycles. The zero-order valence-electron chi connectivity index (χ0n) is 8.15. The molecule has 0 aliphatic carbocycles. The van der Waals surface area contributed by atoms with Crippen LogP contribution in [0.15, 0.2) is 0 Å². The molecule has 0 bridgehead atoms. The average Bonchev–Trinajstić information content (AvgIpc) is 1.88. The molecule has 0 heterocycles. The fraction of sp³-hybridized carbons (Fsp3) is 1.00. The molecule has 68 valence electrons. The van der Waals surface area contributed by atoms with E-state index in [1.54, 1.807) is 0 Å². The molecule has 0 aromatic rings. The molecule has 0 atom stereocenters. The lowest BCUT2D eigenvalue weighted by Gasteiger charge is -2.29. The number of hydrogen-bond acceptors (Lipinski definition) is 2. The van der Waals surface area contributed by atoms with Crippen LogP contribution in [-0.2, 0) is 0 Å². The van der Waals surface area contributed by atoms with Gasteiger partial charge in [-0.1, -0.05) is 27.7 Å². The lowest BCUT2D eigenvalue weighted by Crippen LogP contribution is -2.34. The van der Waals surface area contributed by atoms with E-state index in [1.165, 1.54) is 0 Å². The number of nitrogens with one attached hydrogen (secondary N) is 1. The Morgan fingerprint density at radius 2 is 1.91 bits per heavy atom. The summed E-state index contributed by atoms with van der Waals surface area (Å²) in [6.45, 7) is 10.8. The van der Waals surface area contributed by atoms with Crippen molar-refractivity contribution in [1.29, 1.82) is 0 Å². The number of aliphatic hydroxyl groups excluding tert-OH is 1. The van der Waals surface area contributed by atoms with Gasteiger partial charge < -0.3 is 10.4 Å². The fourth-order valence-electron chi connectivity index (χ4n) is 0.694. The lowest BCUT2D eigenvalue weighted by molar-refractivity contribution is 0.224. The van der Waals surface area contributed by atoms with Crippen LogP contribution in [0, 0.1) is 11.3 Å². The summed E-state index contributed by atoms with van der Waals surface area (Å²) >= 11 is 0. The summed E-state index contributed by atoms with van der Waals surface area (Å²) in [5.41, 5.74) is 0.329. The molecule has 2 N–H and O–H groups in total. The van der Waals surface area contributed by atoms with Crippen molar-refractivity contribution in [2.75, 3.05) is 19.7 Å². The van der Waals surface area contributed by atoms with Crippen molar-refractivity contribution in [2.45, 2.75) is 27.7 Å². The predicted octanol–water partition coefficient (Wildman–Crippen LogP) is 1.25. The first kappa shape index (κ1) is 10.9. The van der Waals surface area contributed by atoms with E-state index >= 15 is 0 Å². The molecule has 11 heavy (non-hydrogen) atoms. The van der Waals surface area contributed by atoms with Crippen molar-refractivity contribution < 1.29 is 5.11 Å². The van der Waals surface area contributed by atoms with Crippen molar-refractivity contribution >= 4 is 0 Å². The molecule has 0 aromatic carbocycles. The predicted molar refractivity (Wildman–Crippen MR) is 48.6 cm³/mol. The Balaban J connectivity index is 3.55. The fourth-order valence-corrected chi connectivity index (χ4v) is 0.694. The monoisotopic (exact) mass is 159 g/mol. The molecule has 0 radical (unpaired) electrons. The molecule has 0 aromatic heterocycles. The van der Waals surface area contributed by atoms with E-state index in [4.69, 9.17) is 5.11 Å². The van der Waals surface area contributed by atoms with Crippen LogP contribution in [0.3, 0.4) is 0 Å². The zero-order valence-corrected chi connectivity index (χ0v) is 8.15. The van der Waals surface area contributed by atoms with Crippen LogP contribution < -0.4 is 5.32 Å². The second-order valence-corrected chi connectivity index (χ2v) is 4.04. The molecule has 0 aliphatic rings. The molecule has 0 spiro atoms. The summed E-state index contributed by atoms with van der Waals surface area (Å²) in [5, 5.41) is 11.7. The molecular weight excluding hydrogens is 138 g/mol. The molecule has 0 unspecified atom stereocenters. The van der Waals surface area contributed by atoms with Crippen LogP contribution in [0.2, 0.25) is 0 Å². The Morgan fingerprint density at radius 3 is 2.27 bits per heavy atom. The van der Waals surface area contributed by atoms with Crippen molar-refractivity contribution in [3.05, 3.63) is 0 Å². The van der Waals surface area contributed by atoms with Gasteiger partial charge in [0, 0.05) is 13.1 Å². The third-order valence-electron chi connectivity index (χ3n) is 2.43. The molecular formula is C9H21NO. The molecule has 2 heteroatoms. The third-order valence-corrected chi connectivity index (χ3v) is 2.43. The van der Waals surface area contributed by atoms with Crippen LogP contribution >= 0.6 is 0 Å². The van der Waals surface area contributed by atoms with Crippen LogP contribution in [-0.4, -0.2) is 24.8 Å². The van der Waals surface area contributed by atoms with E-state index in [9.17, 15) is 0 Å². The van der Waals surface area contributed by atoms with Gasteiger partial charge in [-0.15, -0.1) is 0 Å². The van der Waals surface area contributed by atoms with E-state index in [0.29, 0.717) is 17.9 Å². The third kappa shape index (κ3) is 4.38. The zero-order chi connectivity index (χ0) is 8.91. The molecule has 2 nitrogen and oxygen atoms in total. The van der Waals surface area contributed by atoms with Gasteiger partial charge in [-0.3, -0.25) is 0 Å². The highest BCUT2D eigenvalue weighted by Crippen LogP contribution is 2.24. The molecule has 0 rings (SSSR count). The maximum Gasteiger partial charge on any atom is 0.0555 e.